The van der Waals surface area contributed by atoms with Gasteiger partial charge in [-0.3, -0.25) is 0 Å². The molecule has 1 N–H and O–H groups in total. The third kappa shape index (κ3) is 1.15. The zero-order chi connectivity index (χ0) is 7.61. The summed E-state index contributed by atoms with van der Waals surface area (Å²) in [6.07, 6.45) is 3.80. The molecule has 0 aromatic carbocycles. The van der Waals surface area contributed by atoms with Gasteiger partial charge in [0.25, 0.3) is 0 Å². The van der Waals surface area contributed by atoms with Crippen LogP contribution in [-0.2, 0) is 0 Å². The van der Waals surface area contributed by atoms with Gasteiger partial charge in [0.05, 0.1) is 6.07 Å². The molecule has 0 bridgehead atoms. The van der Waals surface area contributed by atoms with Gasteiger partial charge in [0.1, 0.15) is 0 Å². The van der Waals surface area contributed by atoms with Crippen molar-refractivity contribution in [2.45, 2.75) is 38.2 Å². The first-order valence-corrected chi connectivity index (χ1v) is 3.83. The zero-order valence-corrected chi connectivity index (χ0v) is 6.30. The summed E-state index contributed by atoms with van der Waals surface area (Å²) in [5, 5.41) is 18.2. The molecule has 0 saturated heterocycles. The molecule has 1 saturated carbocycles. The van der Waals surface area contributed by atoms with E-state index in [0.29, 0.717) is 6.42 Å². The van der Waals surface area contributed by atoms with E-state index in [9.17, 15) is 5.11 Å². The Morgan fingerprint density at radius 1 is 1.60 bits per heavy atom. The molecule has 0 unspecified atom stereocenters. The second-order valence-electron chi connectivity index (χ2n) is 3.18. The normalized spacial score (nSPS) is 40.7. The summed E-state index contributed by atoms with van der Waals surface area (Å²) < 4.78 is 0. The fourth-order valence-electron chi connectivity index (χ4n) is 1.50. The highest BCUT2D eigenvalue weighted by atomic mass is 16.3. The van der Waals surface area contributed by atoms with Gasteiger partial charge < -0.3 is 5.11 Å². The van der Waals surface area contributed by atoms with Gasteiger partial charge in [0, 0.05) is 0 Å². The maximum atomic E-state index is 9.59. The summed E-state index contributed by atoms with van der Waals surface area (Å²) in [6, 6.07) is 1.99. The fourth-order valence-corrected chi connectivity index (χ4v) is 1.50. The third-order valence-corrected chi connectivity index (χ3v) is 2.45. The summed E-state index contributed by atoms with van der Waals surface area (Å²) in [6.45, 7) is 1.95. The smallest absolute Gasteiger partial charge is 0.153 e. The van der Waals surface area contributed by atoms with Gasteiger partial charge >= 0.3 is 0 Å². The van der Waals surface area contributed by atoms with Crippen LogP contribution in [0.5, 0.6) is 0 Å². The minimum absolute atomic E-state index is 0.159. The van der Waals surface area contributed by atoms with Crippen molar-refractivity contribution in [1.29, 1.82) is 5.26 Å². The van der Waals surface area contributed by atoms with Gasteiger partial charge in [-0.15, -0.1) is 0 Å². The molecule has 0 aromatic rings. The van der Waals surface area contributed by atoms with Gasteiger partial charge in [-0.05, 0) is 25.2 Å². The molecule has 0 heterocycles. The van der Waals surface area contributed by atoms with Crippen molar-refractivity contribution in [1.82, 2.24) is 0 Å². The van der Waals surface area contributed by atoms with Crippen LogP contribution in [0, 0.1) is 17.2 Å². The molecule has 0 aromatic heterocycles. The van der Waals surface area contributed by atoms with Gasteiger partial charge in [0.15, 0.2) is 5.60 Å². The summed E-state index contributed by atoms with van der Waals surface area (Å²) in [4.78, 5) is 0. The standard InChI is InChI=1S/C8H13NO/c1-7-4-2-3-5-8(7,10)6-9/h7,10H,2-5H2,1H3/t7-,8-/m1/s1. The van der Waals surface area contributed by atoms with Crippen LogP contribution >= 0.6 is 0 Å². The van der Waals surface area contributed by atoms with E-state index in [1.165, 1.54) is 0 Å². The van der Waals surface area contributed by atoms with E-state index in [2.05, 4.69) is 0 Å². The van der Waals surface area contributed by atoms with Crippen LogP contribution < -0.4 is 0 Å². The number of aliphatic hydroxyl groups is 1. The SMILES string of the molecule is C[C@@H]1CCCC[C@@]1(O)C#N. The van der Waals surface area contributed by atoms with Gasteiger partial charge in [-0.2, -0.15) is 5.26 Å². The molecule has 0 amide bonds. The predicted molar refractivity (Wildman–Crippen MR) is 38.2 cm³/mol. The molecule has 0 radical (unpaired) electrons. The van der Waals surface area contributed by atoms with E-state index in [0.717, 1.165) is 19.3 Å². The number of nitrogens with zero attached hydrogens (tertiary/aromatic N) is 1. The maximum Gasteiger partial charge on any atom is 0.153 e. The van der Waals surface area contributed by atoms with Crippen molar-refractivity contribution >= 4 is 0 Å². The number of nitriles is 1. The molecule has 1 aliphatic rings. The second kappa shape index (κ2) is 2.59. The first kappa shape index (κ1) is 7.56. The molecular formula is C8H13NO. The van der Waals surface area contributed by atoms with Crippen molar-refractivity contribution in [2.24, 2.45) is 5.92 Å². The molecule has 2 atom stereocenters. The predicted octanol–water partition coefficient (Wildman–Crippen LogP) is 1.45. The zero-order valence-electron chi connectivity index (χ0n) is 6.30. The molecule has 2 nitrogen and oxygen atoms in total. The van der Waals surface area contributed by atoms with E-state index in [1.807, 2.05) is 13.0 Å². The first-order valence-electron chi connectivity index (χ1n) is 3.83. The molecular weight excluding hydrogens is 126 g/mol. The minimum atomic E-state index is -1.02. The van der Waals surface area contributed by atoms with Crippen LogP contribution in [0.4, 0.5) is 0 Å². The summed E-state index contributed by atoms with van der Waals surface area (Å²) >= 11 is 0. The molecule has 0 spiro atoms. The number of hydrogen-bond donors (Lipinski definition) is 1. The molecule has 1 rings (SSSR count). The minimum Gasteiger partial charge on any atom is -0.375 e. The molecule has 1 fully saturated rings. The highest BCUT2D eigenvalue weighted by Gasteiger charge is 2.35. The number of rotatable bonds is 0. The van der Waals surface area contributed by atoms with Crippen LogP contribution in [0.3, 0.4) is 0 Å². The maximum absolute atomic E-state index is 9.59. The summed E-state index contributed by atoms with van der Waals surface area (Å²) in [7, 11) is 0. The van der Waals surface area contributed by atoms with Gasteiger partial charge in [-0.1, -0.05) is 13.3 Å². The highest BCUT2D eigenvalue weighted by molar-refractivity contribution is 5.04. The van der Waals surface area contributed by atoms with Crippen molar-refractivity contribution in [3.63, 3.8) is 0 Å². The fraction of sp³-hybridized carbons (Fsp3) is 0.875. The Morgan fingerprint density at radius 3 is 2.70 bits per heavy atom. The Morgan fingerprint density at radius 2 is 2.30 bits per heavy atom. The van der Waals surface area contributed by atoms with Crippen LogP contribution in [-0.4, -0.2) is 10.7 Å². The summed E-state index contributed by atoms with van der Waals surface area (Å²) in [5.41, 5.74) is -1.02. The van der Waals surface area contributed by atoms with Crippen LogP contribution in [0.25, 0.3) is 0 Å². The van der Waals surface area contributed by atoms with Gasteiger partial charge in [0.2, 0.25) is 0 Å². The van der Waals surface area contributed by atoms with Gasteiger partial charge in [-0.25, -0.2) is 0 Å². The molecule has 2 heteroatoms. The second-order valence-corrected chi connectivity index (χ2v) is 3.18. The molecule has 56 valence electrons. The lowest BCUT2D eigenvalue weighted by atomic mass is 9.77. The Balaban J connectivity index is 2.65. The monoisotopic (exact) mass is 139 g/mol. The van der Waals surface area contributed by atoms with Crippen molar-refractivity contribution in [3.8, 4) is 6.07 Å². The lowest BCUT2D eigenvalue weighted by Crippen LogP contribution is -2.37. The van der Waals surface area contributed by atoms with E-state index >= 15 is 0 Å². The lowest BCUT2D eigenvalue weighted by Gasteiger charge is -2.31. The molecule has 1 aliphatic carbocycles. The average Bonchev–Trinajstić information content (AvgIpc) is 1.96. The quantitative estimate of drug-likeness (QED) is 0.516. The Bertz CT molecular complexity index is 161. The Labute approximate surface area is 61.5 Å². The Kier molecular flexibility index (Phi) is 1.96. The van der Waals surface area contributed by atoms with Crippen molar-refractivity contribution < 1.29 is 5.11 Å². The van der Waals surface area contributed by atoms with Crippen LogP contribution in [0.15, 0.2) is 0 Å². The van der Waals surface area contributed by atoms with E-state index in [1.54, 1.807) is 0 Å². The van der Waals surface area contributed by atoms with Crippen molar-refractivity contribution in [3.05, 3.63) is 0 Å². The Hall–Kier alpha value is -0.550. The largest absolute Gasteiger partial charge is 0.375 e. The summed E-state index contributed by atoms with van der Waals surface area (Å²) in [5.74, 6) is 0.159. The first-order chi connectivity index (χ1) is 4.69. The van der Waals surface area contributed by atoms with Crippen LogP contribution in [0.1, 0.15) is 32.6 Å². The van der Waals surface area contributed by atoms with E-state index in [4.69, 9.17) is 5.26 Å². The molecule has 0 aliphatic heterocycles. The third-order valence-electron chi connectivity index (χ3n) is 2.45. The van der Waals surface area contributed by atoms with E-state index in [-0.39, 0.29) is 5.92 Å². The highest BCUT2D eigenvalue weighted by Crippen LogP contribution is 2.32. The van der Waals surface area contributed by atoms with Crippen LogP contribution in [0.2, 0.25) is 0 Å². The molecule has 10 heavy (non-hydrogen) atoms. The van der Waals surface area contributed by atoms with Crippen molar-refractivity contribution in [2.75, 3.05) is 0 Å². The average molecular weight is 139 g/mol. The van der Waals surface area contributed by atoms with E-state index < -0.39 is 5.60 Å². The topological polar surface area (TPSA) is 44.0 Å². The number of hydrogen-bond acceptors (Lipinski definition) is 2. The lowest BCUT2D eigenvalue weighted by molar-refractivity contribution is 0.0107.